The number of aromatic nitrogens is 6. The molecule has 5 aromatic rings. The van der Waals surface area contributed by atoms with Crippen molar-refractivity contribution in [3.63, 3.8) is 0 Å². The zero-order valence-corrected chi connectivity index (χ0v) is 18.2. The summed E-state index contributed by atoms with van der Waals surface area (Å²) in [6, 6.07) is 8.52. The van der Waals surface area contributed by atoms with Crippen molar-refractivity contribution in [3.8, 4) is 22.3 Å². The van der Waals surface area contributed by atoms with Crippen LogP contribution in [0, 0.1) is 0 Å². The van der Waals surface area contributed by atoms with Crippen LogP contribution in [0.1, 0.15) is 18.9 Å². The highest BCUT2D eigenvalue weighted by atomic mass is 19.4. The summed E-state index contributed by atoms with van der Waals surface area (Å²) in [6.07, 6.45) is 6.24. The van der Waals surface area contributed by atoms with Crippen molar-refractivity contribution in [2.45, 2.75) is 31.6 Å². The lowest BCUT2D eigenvalue weighted by molar-refractivity contribution is -0.142. The molecule has 7 nitrogen and oxygen atoms in total. The van der Waals surface area contributed by atoms with Crippen molar-refractivity contribution in [2.24, 2.45) is 0 Å². The van der Waals surface area contributed by atoms with Crippen molar-refractivity contribution in [2.75, 3.05) is 13.1 Å². The second-order valence-electron chi connectivity index (χ2n) is 8.72. The maximum Gasteiger partial charge on any atom is 0.408 e. The van der Waals surface area contributed by atoms with E-state index in [4.69, 9.17) is 0 Å². The molecule has 0 saturated carbocycles. The number of hydrogen-bond donors (Lipinski definition) is 2. The second kappa shape index (κ2) is 7.98. The van der Waals surface area contributed by atoms with Crippen molar-refractivity contribution in [3.05, 3.63) is 55.4 Å². The molecule has 0 amide bonds. The van der Waals surface area contributed by atoms with Crippen LogP contribution in [0.4, 0.5) is 13.2 Å². The van der Waals surface area contributed by atoms with E-state index in [1.807, 2.05) is 30.7 Å². The number of benzene rings is 1. The number of fused-ring (bicyclic) bond motifs is 2. The summed E-state index contributed by atoms with van der Waals surface area (Å²) in [6.45, 7) is 0.856. The van der Waals surface area contributed by atoms with E-state index in [0.717, 1.165) is 58.2 Å². The summed E-state index contributed by atoms with van der Waals surface area (Å²) >= 11 is 0. The van der Waals surface area contributed by atoms with E-state index >= 15 is 0 Å². The van der Waals surface area contributed by atoms with Gasteiger partial charge in [0.05, 0.1) is 23.6 Å². The summed E-state index contributed by atoms with van der Waals surface area (Å²) in [5.41, 5.74) is 6.04. The van der Waals surface area contributed by atoms with Gasteiger partial charge in [-0.15, -0.1) is 0 Å². The lowest BCUT2D eigenvalue weighted by atomic mass is 10.0. The number of aromatic amines is 1. The van der Waals surface area contributed by atoms with Crippen LogP contribution in [0.2, 0.25) is 0 Å². The molecule has 4 aromatic heterocycles. The number of piperidine rings is 1. The molecule has 6 rings (SSSR count). The average Bonchev–Trinajstić information content (AvgIpc) is 3.56. The minimum Gasteiger partial charge on any atom is -0.346 e. The molecule has 174 valence electrons. The van der Waals surface area contributed by atoms with Gasteiger partial charge in [-0.25, -0.2) is 9.97 Å². The van der Waals surface area contributed by atoms with Gasteiger partial charge in [-0.05, 0) is 43.1 Å². The van der Waals surface area contributed by atoms with Gasteiger partial charge >= 0.3 is 6.18 Å². The number of imidazole rings is 1. The predicted octanol–water partition coefficient (Wildman–Crippen LogP) is 4.93. The van der Waals surface area contributed by atoms with Crippen LogP contribution in [0.5, 0.6) is 0 Å². The molecular weight excluding hydrogens is 443 g/mol. The Hall–Kier alpha value is -3.66. The van der Waals surface area contributed by atoms with Gasteiger partial charge in [0.15, 0.2) is 0 Å². The summed E-state index contributed by atoms with van der Waals surface area (Å²) in [4.78, 5) is 12.3. The predicted molar refractivity (Wildman–Crippen MR) is 123 cm³/mol. The summed E-state index contributed by atoms with van der Waals surface area (Å²) in [7, 11) is 0. The Bertz CT molecular complexity index is 1470. The number of rotatable bonds is 4. The molecule has 0 spiro atoms. The molecule has 0 radical (unpaired) electrons. The molecule has 1 aliphatic heterocycles. The van der Waals surface area contributed by atoms with E-state index in [1.165, 1.54) is 12.4 Å². The lowest BCUT2D eigenvalue weighted by Gasteiger charge is -2.24. The van der Waals surface area contributed by atoms with Gasteiger partial charge in [-0.2, -0.15) is 18.3 Å². The average molecular weight is 465 g/mol. The minimum absolute atomic E-state index is 0.374. The maximum absolute atomic E-state index is 12.7. The molecular formula is C24H22F3N7. The van der Waals surface area contributed by atoms with Crippen LogP contribution in [0.25, 0.3) is 44.3 Å². The third kappa shape index (κ3) is 3.83. The summed E-state index contributed by atoms with van der Waals surface area (Å²) in [5, 5.41) is 8.21. The number of hydrogen-bond acceptors (Lipinski definition) is 4. The summed E-state index contributed by atoms with van der Waals surface area (Å²) in [5.74, 6) is 0. The first-order valence-electron chi connectivity index (χ1n) is 11.2. The highest BCUT2D eigenvalue weighted by Gasteiger charge is 2.28. The number of nitrogens with one attached hydrogen (secondary N) is 2. The third-order valence-electron chi connectivity index (χ3n) is 6.39. The van der Waals surface area contributed by atoms with E-state index in [-0.39, 0.29) is 0 Å². The Balaban J connectivity index is 1.38. The number of pyridine rings is 1. The lowest BCUT2D eigenvalue weighted by Crippen LogP contribution is -2.31. The maximum atomic E-state index is 12.7. The van der Waals surface area contributed by atoms with Gasteiger partial charge in [0.25, 0.3) is 0 Å². The van der Waals surface area contributed by atoms with Gasteiger partial charge in [0, 0.05) is 53.3 Å². The molecule has 10 heteroatoms. The van der Waals surface area contributed by atoms with Gasteiger partial charge < -0.3 is 14.9 Å². The number of H-pyrrole nitrogens is 1. The van der Waals surface area contributed by atoms with Crippen LogP contribution in [-0.4, -0.2) is 48.6 Å². The van der Waals surface area contributed by atoms with Crippen LogP contribution in [0.15, 0.2) is 55.4 Å². The molecule has 1 fully saturated rings. The Morgan fingerprint density at radius 2 is 1.97 bits per heavy atom. The zero-order valence-electron chi connectivity index (χ0n) is 18.2. The standard InChI is InChI=1S/C24H22F3N7/c25-24(26,27)13-33-12-17(9-32-33)16-6-19-20(11-30-23(19)29-8-16)15-3-4-21-22(7-15)34(14-31-21)18-2-1-5-28-10-18/h3-4,6-9,11-12,14,18,28H,1-2,5,10,13H2,(H,29,30). The van der Waals surface area contributed by atoms with Crippen molar-refractivity contribution >= 4 is 22.1 Å². The fourth-order valence-electron chi connectivity index (χ4n) is 4.74. The van der Waals surface area contributed by atoms with Crippen molar-refractivity contribution < 1.29 is 13.2 Å². The molecule has 34 heavy (non-hydrogen) atoms. The molecule has 5 heterocycles. The fraction of sp³-hybridized carbons (Fsp3) is 0.292. The number of nitrogens with zero attached hydrogens (tertiary/aromatic N) is 5. The van der Waals surface area contributed by atoms with E-state index < -0.39 is 12.7 Å². The first-order valence-corrected chi connectivity index (χ1v) is 11.2. The number of halogens is 3. The molecule has 1 aromatic carbocycles. The van der Waals surface area contributed by atoms with Gasteiger partial charge in [0.1, 0.15) is 12.2 Å². The Kier molecular flexibility index (Phi) is 4.91. The Labute approximate surface area is 192 Å². The highest BCUT2D eigenvalue weighted by Crippen LogP contribution is 2.33. The fourth-order valence-corrected chi connectivity index (χ4v) is 4.74. The van der Waals surface area contributed by atoms with E-state index in [9.17, 15) is 13.2 Å². The smallest absolute Gasteiger partial charge is 0.346 e. The van der Waals surface area contributed by atoms with E-state index in [0.29, 0.717) is 22.8 Å². The zero-order chi connectivity index (χ0) is 23.3. The van der Waals surface area contributed by atoms with Crippen LogP contribution >= 0.6 is 0 Å². The molecule has 0 aliphatic carbocycles. The first kappa shape index (κ1) is 20.9. The van der Waals surface area contributed by atoms with E-state index in [1.54, 1.807) is 6.20 Å². The molecule has 1 saturated heterocycles. The SMILES string of the molecule is FC(F)(F)Cn1cc(-c2cnc3[nH]cc(-c4ccc5ncn(C6CCCNC6)c5c4)c3c2)cn1. The van der Waals surface area contributed by atoms with Crippen molar-refractivity contribution in [1.29, 1.82) is 0 Å². The molecule has 1 unspecified atom stereocenters. The second-order valence-corrected chi connectivity index (χ2v) is 8.72. The van der Waals surface area contributed by atoms with Gasteiger partial charge in [-0.1, -0.05) is 6.07 Å². The molecule has 2 N–H and O–H groups in total. The topological polar surface area (TPSA) is 76.3 Å². The third-order valence-corrected chi connectivity index (χ3v) is 6.39. The molecule has 1 aliphatic rings. The quantitative estimate of drug-likeness (QED) is 0.395. The Morgan fingerprint density at radius 3 is 2.79 bits per heavy atom. The summed E-state index contributed by atoms with van der Waals surface area (Å²) < 4.78 is 41.3. The normalized spacial score (nSPS) is 17.1. The monoisotopic (exact) mass is 465 g/mol. The van der Waals surface area contributed by atoms with Gasteiger partial charge in [0.2, 0.25) is 0 Å². The van der Waals surface area contributed by atoms with Crippen LogP contribution in [0.3, 0.4) is 0 Å². The van der Waals surface area contributed by atoms with Crippen molar-refractivity contribution in [1.82, 2.24) is 34.6 Å². The van der Waals surface area contributed by atoms with Crippen LogP contribution < -0.4 is 5.32 Å². The number of alkyl halides is 3. The largest absolute Gasteiger partial charge is 0.408 e. The highest BCUT2D eigenvalue weighted by molar-refractivity contribution is 5.97. The first-order chi connectivity index (χ1) is 16.4. The Morgan fingerprint density at radius 1 is 1.06 bits per heavy atom. The van der Waals surface area contributed by atoms with Crippen LogP contribution in [-0.2, 0) is 6.54 Å². The molecule has 1 atom stereocenters. The minimum atomic E-state index is -4.32. The van der Waals surface area contributed by atoms with E-state index in [2.05, 4.69) is 36.0 Å². The molecule has 0 bridgehead atoms. The van der Waals surface area contributed by atoms with Gasteiger partial charge in [-0.3, -0.25) is 4.68 Å².